The second-order valence-electron chi connectivity index (χ2n) is 7.05. The Morgan fingerprint density at radius 2 is 1.88 bits per heavy atom. The molecule has 0 saturated carbocycles. The second kappa shape index (κ2) is 6.55. The van der Waals surface area contributed by atoms with Gasteiger partial charge in [0.25, 0.3) is 0 Å². The highest BCUT2D eigenvalue weighted by atomic mass is 16.4. The lowest BCUT2D eigenvalue weighted by Crippen LogP contribution is -2.55. The fraction of sp³-hybridized carbons (Fsp3) is 0.579. The third kappa shape index (κ3) is 2.81. The van der Waals surface area contributed by atoms with Crippen molar-refractivity contribution < 1.29 is 14.7 Å². The molecule has 1 aromatic carbocycles. The molecule has 1 aromatic rings. The number of aryl methyl sites for hydroxylation is 1. The van der Waals surface area contributed by atoms with E-state index in [1.807, 2.05) is 0 Å². The lowest BCUT2D eigenvalue weighted by molar-refractivity contribution is -0.146. The second-order valence-corrected chi connectivity index (χ2v) is 7.05. The first-order valence-corrected chi connectivity index (χ1v) is 8.76. The number of carbonyl (C=O) groups excluding carboxylic acids is 1. The van der Waals surface area contributed by atoms with Crippen LogP contribution in [0.25, 0.3) is 0 Å². The summed E-state index contributed by atoms with van der Waals surface area (Å²) < 4.78 is 0. The molecule has 130 valence electrons. The number of benzene rings is 1. The van der Waals surface area contributed by atoms with Crippen LogP contribution in [0.2, 0.25) is 0 Å². The Hall–Kier alpha value is -1.88. The number of carboxylic acid groups (broad SMARTS) is 1. The van der Waals surface area contributed by atoms with Crippen molar-refractivity contribution in [1.82, 2.24) is 9.80 Å². The summed E-state index contributed by atoms with van der Waals surface area (Å²) in [6.45, 7) is 4.73. The Kier molecular flexibility index (Phi) is 4.63. The van der Waals surface area contributed by atoms with Crippen molar-refractivity contribution in [3.8, 4) is 0 Å². The fourth-order valence-electron chi connectivity index (χ4n) is 4.38. The zero-order chi connectivity index (χ0) is 17.3. The minimum absolute atomic E-state index is 0.0350. The summed E-state index contributed by atoms with van der Waals surface area (Å²) in [6.07, 6.45) is 2.64. The maximum Gasteiger partial charge on any atom is 0.309 e. The minimum Gasteiger partial charge on any atom is -0.481 e. The number of nitrogens with zero attached hydrogens (tertiary/aromatic N) is 2. The van der Waals surface area contributed by atoms with Gasteiger partial charge in [-0.2, -0.15) is 0 Å². The van der Waals surface area contributed by atoms with E-state index in [0.29, 0.717) is 0 Å². The molecule has 2 saturated heterocycles. The molecular weight excluding hydrogens is 304 g/mol. The molecule has 24 heavy (non-hydrogen) atoms. The highest BCUT2D eigenvalue weighted by Crippen LogP contribution is 2.43. The van der Waals surface area contributed by atoms with E-state index in [9.17, 15) is 14.7 Å². The van der Waals surface area contributed by atoms with Crippen LogP contribution in [0.1, 0.15) is 37.3 Å². The van der Waals surface area contributed by atoms with Crippen LogP contribution >= 0.6 is 0 Å². The summed E-state index contributed by atoms with van der Waals surface area (Å²) in [7, 11) is 1.77. The van der Waals surface area contributed by atoms with E-state index < -0.39 is 17.4 Å². The Labute approximate surface area is 143 Å². The number of likely N-dealkylation sites (tertiary alicyclic amines) is 2. The van der Waals surface area contributed by atoms with Crippen LogP contribution in [0.4, 0.5) is 0 Å². The van der Waals surface area contributed by atoms with Crippen LogP contribution in [0.5, 0.6) is 0 Å². The van der Waals surface area contributed by atoms with E-state index in [2.05, 4.69) is 36.1 Å². The van der Waals surface area contributed by atoms with Gasteiger partial charge >= 0.3 is 5.97 Å². The predicted octanol–water partition coefficient (Wildman–Crippen LogP) is 2.15. The third-order valence-electron chi connectivity index (χ3n) is 5.98. The summed E-state index contributed by atoms with van der Waals surface area (Å²) in [6, 6.07) is 8.49. The quantitative estimate of drug-likeness (QED) is 0.919. The van der Waals surface area contributed by atoms with E-state index in [1.165, 1.54) is 11.1 Å². The summed E-state index contributed by atoms with van der Waals surface area (Å²) >= 11 is 0. The highest BCUT2D eigenvalue weighted by molar-refractivity contribution is 5.88. The van der Waals surface area contributed by atoms with Gasteiger partial charge in [-0.25, -0.2) is 0 Å². The largest absolute Gasteiger partial charge is 0.481 e. The lowest BCUT2D eigenvalue weighted by atomic mass is 9.77. The monoisotopic (exact) mass is 330 g/mol. The average Bonchev–Trinajstić information content (AvgIpc) is 2.83. The molecule has 0 aliphatic carbocycles. The number of carboxylic acids is 1. The molecule has 0 aromatic heterocycles. The maximum atomic E-state index is 12.1. The van der Waals surface area contributed by atoms with Gasteiger partial charge in [-0.05, 0) is 30.4 Å². The van der Waals surface area contributed by atoms with Gasteiger partial charge in [-0.3, -0.25) is 14.5 Å². The molecule has 1 unspecified atom stereocenters. The minimum atomic E-state index is -0.836. The van der Waals surface area contributed by atoms with Crippen LogP contribution in [0, 0.1) is 5.92 Å². The normalized spacial score (nSPS) is 23.8. The molecule has 5 heteroatoms. The Morgan fingerprint density at radius 1 is 1.25 bits per heavy atom. The van der Waals surface area contributed by atoms with Crippen molar-refractivity contribution in [3.05, 3.63) is 35.4 Å². The van der Waals surface area contributed by atoms with E-state index in [1.54, 1.807) is 11.9 Å². The molecule has 3 rings (SSSR count). The van der Waals surface area contributed by atoms with Crippen LogP contribution < -0.4 is 0 Å². The smallest absolute Gasteiger partial charge is 0.309 e. The van der Waals surface area contributed by atoms with Crippen LogP contribution in [-0.2, 0) is 22.6 Å². The van der Waals surface area contributed by atoms with Gasteiger partial charge < -0.3 is 10.0 Å². The molecule has 0 bridgehead atoms. The summed E-state index contributed by atoms with van der Waals surface area (Å²) in [5.74, 6) is -1.44. The molecule has 2 aliphatic heterocycles. The molecule has 1 atom stereocenters. The van der Waals surface area contributed by atoms with Crippen LogP contribution in [-0.4, -0.2) is 52.5 Å². The van der Waals surface area contributed by atoms with Crippen molar-refractivity contribution in [2.45, 2.75) is 44.7 Å². The highest BCUT2D eigenvalue weighted by Gasteiger charge is 2.55. The van der Waals surface area contributed by atoms with Gasteiger partial charge in [0.05, 0.1) is 11.5 Å². The number of aliphatic carboxylic acids is 1. The van der Waals surface area contributed by atoms with E-state index in [4.69, 9.17) is 0 Å². The summed E-state index contributed by atoms with van der Waals surface area (Å²) in [5.41, 5.74) is 2.22. The fourth-order valence-corrected chi connectivity index (χ4v) is 4.38. The van der Waals surface area contributed by atoms with Crippen molar-refractivity contribution in [2.75, 3.05) is 20.1 Å². The number of amides is 1. The van der Waals surface area contributed by atoms with Crippen molar-refractivity contribution in [2.24, 2.45) is 5.92 Å². The van der Waals surface area contributed by atoms with Crippen LogP contribution in [0.15, 0.2) is 24.3 Å². The lowest BCUT2D eigenvalue weighted by Gasteiger charge is -2.45. The molecule has 1 spiro atoms. The first kappa shape index (κ1) is 17.0. The number of hydrogen-bond donors (Lipinski definition) is 1. The van der Waals surface area contributed by atoms with E-state index in [-0.39, 0.29) is 12.3 Å². The molecule has 2 fully saturated rings. The van der Waals surface area contributed by atoms with Gasteiger partial charge in [0, 0.05) is 33.1 Å². The van der Waals surface area contributed by atoms with Crippen molar-refractivity contribution >= 4 is 11.9 Å². The molecule has 2 aliphatic rings. The van der Waals surface area contributed by atoms with Crippen LogP contribution in [0.3, 0.4) is 0 Å². The predicted molar refractivity (Wildman–Crippen MR) is 91.6 cm³/mol. The van der Waals surface area contributed by atoms with Gasteiger partial charge in [-0.1, -0.05) is 31.2 Å². The number of rotatable bonds is 4. The van der Waals surface area contributed by atoms with Gasteiger partial charge in [-0.15, -0.1) is 0 Å². The first-order chi connectivity index (χ1) is 11.5. The third-order valence-corrected chi connectivity index (χ3v) is 5.98. The number of hydrogen-bond acceptors (Lipinski definition) is 3. The average molecular weight is 330 g/mol. The molecule has 2 heterocycles. The molecule has 1 amide bonds. The topological polar surface area (TPSA) is 60.9 Å². The number of piperidine rings is 1. The zero-order valence-electron chi connectivity index (χ0n) is 14.5. The van der Waals surface area contributed by atoms with E-state index in [0.717, 1.165) is 38.9 Å². The number of carbonyl (C=O) groups is 2. The van der Waals surface area contributed by atoms with Crippen molar-refractivity contribution in [3.63, 3.8) is 0 Å². The SMILES string of the molecule is CCc1ccccc1CN1CCC2(CC1)C(C(=O)O)CC(=O)N2C. The van der Waals surface area contributed by atoms with E-state index >= 15 is 0 Å². The molecule has 5 nitrogen and oxygen atoms in total. The van der Waals surface area contributed by atoms with Gasteiger partial charge in [0.1, 0.15) is 0 Å². The molecular formula is C19H26N2O3. The standard InChI is InChI=1S/C19H26N2O3/c1-3-14-6-4-5-7-15(14)13-21-10-8-19(9-11-21)16(18(23)24)12-17(22)20(19)2/h4-7,16H,3,8-13H2,1-2H3,(H,23,24). The Balaban J connectivity index is 1.71. The van der Waals surface area contributed by atoms with Gasteiger partial charge in [0.2, 0.25) is 5.91 Å². The molecule has 1 N–H and O–H groups in total. The Bertz CT molecular complexity index is 635. The molecule has 0 radical (unpaired) electrons. The summed E-state index contributed by atoms with van der Waals surface area (Å²) in [5, 5.41) is 9.54. The van der Waals surface area contributed by atoms with Gasteiger partial charge in [0.15, 0.2) is 0 Å². The first-order valence-electron chi connectivity index (χ1n) is 8.76. The van der Waals surface area contributed by atoms with Crippen molar-refractivity contribution in [1.29, 1.82) is 0 Å². The Morgan fingerprint density at radius 3 is 2.46 bits per heavy atom. The maximum absolute atomic E-state index is 12.1. The summed E-state index contributed by atoms with van der Waals surface area (Å²) in [4.78, 5) is 27.8. The zero-order valence-corrected chi connectivity index (χ0v) is 14.5.